The Bertz CT molecular complexity index is 683. The maximum atomic E-state index is 4.53. The molecule has 0 saturated carbocycles. The van der Waals surface area contributed by atoms with Gasteiger partial charge in [-0.15, -0.1) is 0 Å². The summed E-state index contributed by atoms with van der Waals surface area (Å²) < 4.78 is 2.05. The SMILES string of the molecule is Cc1ccccc1-c1ccccc1-c1nccc[n+]1C. The van der Waals surface area contributed by atoms with Crippen molar-refractivity contribution in [3.63, 3.8) is 0 Å². The molecule has 0 spiro atoms. The Morgan fingerprint density at radius 2 is 1.45 bits per heavy atom. The van der Waals surface area contributed by atoms with Gasteiger partial charge in [-0.25, -0.2) is 4.57 Å². The molecule has 2 heteroatoms. The van der Waals surface area contributed by atoms with E-state index in [1.165, 1.54) is 16.7 Å². The van der Waals surface area contributed by atoms with E-state index in [0.717, 1.165) is 11.4 Å². The molecule has 0 bridgehead atoms. The Morgan fingerprint density at radius 1 is 0.800 bits per heavy atom. The molecule has 0 atom stereocenters. The molecule has 0 aliphatic heterocycles. The minimum absolute atomic E-state index is 0.978. The van der Waals surface area contributed by atoms with Crippen LogP contribution in [0.1, 0.15) is 5.56 Å². The Balaban J connectivity index is 2.25. The first-order valence-electron chi connectivity index (χ1n) is 6.73. The van der Waals surface area contributed by atoms with Crippen LogP contribution in [0.2, 0.25) is 0 Å². The highest BCUT2D eigenvalue weighted by Gasteiger charge is 2.17. The Morgan fingerprint density at radius 3 is 2.15 bits per heavy atom. The summed E-state index contributed by atoms with van der Waals surface area (Å²) >= 11 is 0. The molecule has 3 aromatic rings. The van der Waals surface area contributed by atoms with Crippen LogP contribution < -0.4 is 4.57 Å². The third-order valence-electron chi connectivity index (χ3n) is 3.53. The van der Waals surface area contributed by atoms with E-state index in [4.69, 9.17) is 0 Å². The topological polar surface area (TPSA) is 16.8 Å². The van der Waals surface area contributed by atoms with Crippen LogP contribution >= 0.6 is 0 Å². The van der Waals surface area contributed by atoms with E-state index in [-0.39, 0.29) is 0 Å². The second-order valence-electron chi connectivity index (χ2n) is 4.91. The molecule has 0 aliphatic carbocycles. The van der Waals surface area contributed by atoms with Gasteiger partial charge in [0.2, 0.25) is 0 Å². The van der Waals surface area contributed by atoms with Crippen molar-refractivity contribution in [3.8, 4) is 22.5 Å². The van der Waals surface area contributed by atoms with Crippen LogP contribution in [0.5, 0.6) is 0 Å². The highest BCUT2D eigenvalue weighted by atomic mass is 15.0. The van der Waals surface area contributed by atoms with Crippen molar-refractivity contribution in [1.82, 2.24) is 4.98 Å². The van der Waals surface area contributed by atoms with E-state index >= 15 is 0 Å². The molecule has 3 rings (SSSR count). The number of aryl methyl sites for hydroxylation is 2. The summed E-state index contributed by atoms with van der Waals surface area (Å²) in [6.45, 7) is 2.14. The summed E-state index contributed by atoms with van der Waals surface area (Å²) in [5.74, 6) is 0.978. The number of hydrogen-bond acceptors (Lipinski definition) is 1. The lowest BCUT2D eigenvalue weighted by atomic mass is 9.95. The second-order valence-corrected chi connectivity index (χ2v) is 4.91. The number of hydrogen-bond donors (Lipinski definition) is 0. The number of nitrogens with zero attached hydrogens (tertiary/aromatic N) is 2. The Hall–Kier alpha value is -2.48. The molecule has 2 nitrogen and oxygen atoms in total. The number of aromatic nitrogens is 2. The molecule has 1 heterocycles. The van der Waals surface area contributed by atoms with Crippen molar-refractivity contribution in [1.29, 1.82) is 0 Å². The fourth-order valence-corrected chi connectivity index (χ4v) is 2.49. The van der Waals surface area contributed by atoms with Gasteiger partial charge in [-0.3, -0.25) is 0 Å². The quantitative estimate of drug-likeness (QED) is 0.645. The third kappa shape index (κ3) is 2.21. The normalized spacial score (nSPS) is 10.5. The molecule has 1 aromatic heterocycles. The molecule has 0 fully saturated rings. The molecular weight excluding hydrogens is 244 g/mol. The second kappa shape index (κ2) is 5.25. The number of rotatable bonds is 2. The van der Waals surface area contributed by atoms with Crippen molar-refractivity contribution in [2.45, 2.75) is 6.92 Å². The molecule has 2 aromatic carbocycles. The van der Waals surface area contributed by atoms with E-state index in [9.17, 15) is 0 Å². The van der Waals surface area contributed by atoms with Crippen LogP contribution in [0, 0.1) is 6.92 Å². The van der Waals surface area contributed by atoms with Crippen LogP contribution in [0.3, 0.4) is 0 Å². The van der Waals surface area contributed by atoms with Crippen molar-refractivity contribution in [2.75, 3.05) is 0 Å². The molecule has 0 radical (unpaired) electrons. The van der Waals surface area contributed by atoms with Crippen LogP contribution in [0.25, 0.3) is 22.5 Å². The fraction of sp³-hybridized carbons (Fsp3) is 0.111. The lowest BCUT2D eigenvalue weighted by molar-refractivity contribution is -0.663. The first-order chi connectivity index (χ1) is 9.77. The van der Waals surface area contributed by atoms with Gasteiger partial charge < -0.3 is 0 Å². The molecule has 0 unspecified atom stereocenters. The number of benzene rings is 2. The molecular formula is C18H17N2+. The molecule has 0 aliphatic rings. The first kappa shape index (κ1) is 12.5. The van der Waals surface area contributed by atoms with Gasteiger partial charge >= 0.3 is 5.82 Å². The van der Waals surface area contributed by atoms with Gasteiger partial charge in [0.1, 0.15) is 6.20 Å². The Kier molecular flexibility index (Phi) is 3.30. The fourth-order valence-electron chi connectivity index (χ4n) is 2.49. The van der Waals surface area contributed by atoms with Gasteiger partial charge in [-0.2, -0.15) is 0 Å². The van der Waals surface area contributed by atoms with Gasteiger partial charge in [0.15, 0.2) is 0 Å². The van der Waals surface area contributed by atoms with Gasteiger partial charge in [0.05, 0.1) is 18.8 Å². The highest BCUT2D eigenvalue weighted by molar-refractivity contribution is 5.81. The van der Waals surface area contributed by atoms with Crippen LogP contribution in [0.15, 0.2) is 67.0 Å². The van der Waals surface area contributed by atoms with E-state index < -0.39 is 0 Å². The van der Waals surface area contributed by atoms with Crippen LogP contribution in [-0.2, 0) is 7.05 Å². The van der Waals surface area contributed by atoms with Gasteiger partial charge in [0, 0.05) is 6.07 Å². The van der Waals surface area contributed by atoms with Gasteiger partial charge in [0.25, 0.3) is 0 Å². The van der Waals surface area contributed by atoms with Crippen molar-refractivity contribution in [2.24, 2.45) is 7.05 Å². The van der Waals surface area contributed by atoms with Crippen molar-refractivity contribution < 1.29 is 4.57 Å². The smallest absolute Gasteiger partial charge is 0.233 e. The molecule has 20 heavy (non-hydrogen) atoms. The minimum atomic E-state index is 0.978. The molecule has 98 valence electrons. The average Bonchev–Trinajstić information content (AvgIpc) is 2.48. The van der Waals surface area contributed by atoms with Gasteiger partial charge in [-0.05, 0) is 34.7 Å². The highest BCUT2D eigenvalue weighted by Crippen LogP contribution is 2.31. The molecule has 0 amide bonds. The summed E-state index contributed by atoms with van der Waals surface area (Å²) in [5.41, 5.74) is 4.91. The summed E-state index contributed by atoms with van der Waals surface area (Å²) in [5, 5.41) is 0. The third-order valence-corrected chi connectivity index (χ3v) is 3.53. The maximum absolute atomic E-state index is 4.53. The molecule has 0 N–H and O–H groups in total. The maximum Gasteiger partial charge on any atom is 0.330 e. The zero-order valence-electron chi connectivity index (χ0n) is 11.7. The van der Waals surface area contributed by atoms with E-state index in [0.29, 0.717) is 0 Å². The average molecular weight is 261 g/mol. The van der Waals surface area contributed by atoms with Crippen LogP contribution in [-0.4, -0.2) is 4.98 Å². The van der Waals surface area contributed by atoms with E-state index in [1.54, 1.807) is 0 Å². The van der Waals surface area contributed by atoms with E-state index in [1.807, 2.05) is 25.5 Å². The monoisotopic (exact) mass is 261 g/mol. The largest absolute Gasteiger partial charge is 0.330 e. The first-order valence-corrected chi connectivity index (χ1v) is 6.73. The lowest BCUT2D eigenvalue weighted by Crippen LogP contribution is -2.31. The predicted molar refractivity (Wildman–Crippen MR) is 81.0 cm³/mol. The van der Waals surface area contributed by atoms with Crippen LogP contribution in [0.4, 0.5) is 0 Å². The van der Waals surface area contributed by atoms with Crippen molar-refractivity contribution in [3.05, 3.63) is 72.6 Å². The molecule has 0 saturated heterocycles. The lowest BCUT2D eigenvalue weighted by Gasteiger charge is -2.09. The summed E-state index contributed by atoms with van der Waals surface area (Å²) in [7, 11) is 2.02. The summed E-state index contributed by atoms with van der Waals surface area (Å²) in [6.07, 6.45) is 3.86. The zero-order valence-corrected chi connectivity index (χ0v) is 11.7. The van der Waals surface area contributed by atoms with Crippen molar-refractivity contribution >= 4 is 0 Å². The Labute approximate surface area is 119 Å². The standard InChI is InChI=1S/C18H17N2/c1-14-8-3-4-9-15(14)16-10-5-6-11-17(16)18-19-12-7-13-20(18)2/h3-13H,1-2H3/q+1. The minimum Gasteiger partial charge on any atom is -0.233 e. The summed E-state index contributed by atoms with van der Waals surface area (Å²) in [6, 6.07) is 18.8. The predicted octanol–water partition coefficient (Wildman–Crippen LogP) is 3.55. The van der Waals surface area contributed by atoms with E-state index in [2.05, 4.69) is 65.0 Å². The summed E-state index contributed by atoms with van der Waals surface area (Å²) in [4.78, 5) is 4.53. The van der Waals surface area contributed by atoms with Gasteiger partial charge in [-0.1, -0.05) is 42.5 Å². The zero-order chi connectivity index (χ0) is 13.9.